The number of aryl methyl sites for hydroxylation is 2. The summed E-state index contributed by atoms with van der Waals surface area (Å²) in [5.74, 6) is -1.47. The minimum atomic E-state index is -0.753. The third-order valence-electron chi connectivity index (χ3n) is 4.80. The van der Waals surface area contributed by atoms with Crippen LogP contribution in [-0.2, 0) is 14.3 Å². The number of rotatable bonds is 10. The van der Waals surface area contributed by atoms with Crippen molar-refractivity contribution in [3.05, 3.63) is 52.6 Å². The molecule has 0 saturated heterocycles. The molecular weight excluding hydrogens is 416 g/mol. The van der Waals surface area contributed by atoms with E-state index in [0.29, 0.717) is 0 Å². The predicted molar refractivity (Wildman–Crippen MR) is 117 cm³/mol. The quantitative estimate of drug-likeness (QED) is 0.538. The number of nitrogens with two attached hydrogens (primary N) is 1. The van der Waals surface area contributed by atoms with Gasteiger partial charge in [0.05, 0.1) is 25.8 Å². The maximum Gasteiger partial charge on any atom is 0.338 e. The van der Waals surface area contributed by atoms with E-state index in [9.17, 15) is 14.4 Å². The molecule has 32 heavy (non-hydrogen) atoms. The van der Waals surface area contributed by atoms with Gasteiger partial charge in [-0.3, -0.25) is 9.59 Å². The summed E-state index contributed by atoms with van der Waals surface area (Å²) in [6.07, 6.45) is 0. The van der Waals surface area contributed by atoms with Crippen LogP contribution in [-0.4, -0.2) is 45.2 Å². The smallest absolute Gasteiger partial charge is 0.338 e. The molecule has 0 spiro atoms. The Balaban J connectivity index is 2.04. The van der Waals surface area contributed by atoms with Crippen molar-refractivity contribution in [2.45, 2.75) is 26.8 Å². The number of hydrogen-bond donors (Lipinski definition) is 2. The SMILES string of the molecule is COc1cc(C(=O)OCC(=O)NC(C)c2ccc(C)c(C)c2)cc(OC)c1OCC(N)=O. The summed E-state index contributed by atoms with van der Waals surface area (Å²) < 4.78 is 20.9. The van der Waals surface area contributed by atoms with Gasteiger partial charge in [-0.15, -0.1) is 0 Å². The number of carbonyl (C=O) groups is 3. The second-order valence-corrected chi connectivity index (χ2v) is 7.17. The molecule has 0 aromatic heterocycles. The van der Waals surface area contributed by atoms with Crippen LogP contribution >= 0.6 is 0 Å². The number of ether oxygens (including phenoxy) is 4. The number of carbonyl (C=O) groups excluding carboxylic acids is 3. The van der Waals surface area contributed by atoms with Crippen LogP contribution in [0.5, 0.6) is 17.2 Å². The van der Waals surface area contributed by atoms with Gasteiger partial charge in [-0.25, -0.2) is 4.79 Å². The Labute approximate surface area is 186 Å². The number of hydrogen-bond acceptors (Lipinski definition) is 7. The van der Waals surface area contributed by atoms with Crippen LogP contribution in [0.15, 0.2) is 30.3 Å². The van der Waals surface area contributed by atoms with Crippen molar-refractivity contribution < 1.29 is 33.3 Å². The first-order chi connectivity index (χ1) is 15.2. The second-order valence-electron chi connectivity index (χ2n) is 7.17. The molecule has 0 aliphatic carbocycles. The molecule has 172 valence electrons. The van der Waals surface area contributed by atoms with E-state index in [1.807, 2.05) is 39.0 Å². The Hall–Kier alpha value is -3.75. The Kier molecular flexibility index (Phi) is 8.46. The van der Waals surface area contributed by atoms with Crippen LogP contribution in [0.2, 0.25) is 0 Å². The molecule has 0 aliphatic rings. The van der Waals surface area contributed by atoms with Gasteiger partial charge in [0.15, 0.2) is 24.7 Å². The van der Waals surface area contributed by atoms with Gasteiger partial charge in [0.25, 0.3) is 11.8 Å². The third kappa shape index (κ3) is 6.37. The number of esters is 1. The molecule has 9 nitrogen and oxygen atoms in total. The zero-order valence-electron chi connectivity index (χ0n) is 18.8. The van der Waals surface area contributed by atoms with Crippen LogP contribution < -0.4 is 25.3 Å². The van der Waals surface area contributed by atoms with E-state index < -0.39 is 31.0 Å². The number of methoxy groups -OCH3 is 2. The molecule has 0 radical (unpaired) electrons. The van der Waals surface area contributed by atoms with Crippen molar-refractivity contribution in [3.8, 4) is 17.2 Å². The molecule has 0 bridgehead atoms. The van der Waals surface area contributed by atoms with Crippen molar-refractivity contribution in [1.29, 1.82) is 0 Å². The Morgan fingerprint density at radius 3 is 2.12 bits per heavy atom. The van der Waals surface area contributed by atoms with Crippen LogP contribution in [0.3, 0.4) is 0 Å². The lowest BCUT2D eigenvalue weighted by molar-refractivity contribution is -0.125. The highest BCUT2D eigenvalue weighted by Crippen LogP contribution is 2.38. The minimum Gasteiger partial charge on any atom is -0.493 e. The van der Waals surface area contributed by atoms with Gasteiger partial charge in [0.1, 0.15) is 0 Å². The lowest BCUT2D eigenvalue weighted by Crippen LogP contribution is -2.31. The van der Waals surface area contributed by atoms with E-state index in [1.54, 1.807) is 0 Å². The van der Waals surface area contributed by atoms with Crippen molar-refractivity contribution in [1.82, 2.24) is 5.32 Å². The van der Waals surface area contributed by atoms with Crippen LogP contribution in [0, 0.1) is 13.8 Å². The molecule has 0 fully saturated rings. The van der Waals surface area contributed by atoms with E-state index in [4.69, 9.17) is 24.7 Å². The fourth-order valence-corrected chi connectivity index (χ4v) is 2.90. The topological polar surface area (TPSA) is 126 Å². The van der Waals surface area contributed by atoms with Gasteiger partial charge in [-0.05, 0) is 49.6 Å². The molecule has 2 rings (SSSR count). The average molecular weight is 444 g/mol. The molecular formula is C23H28N2O7. The summed E-state index contributed by atoms with van der Waals surface area (Å²) in [6.45, 7) is 5.02. The maximum absolute atomic E-state index is 12.5. The summed E-state index contributed by atoms with van der Waals surface area (Å²) in [5.41, 5.74) is 8.42. The van der Waals surface area contributed by atoms with Gasteiger partial charge >= 0.3 is 5.97 Å². The van der Waals surface area contributed by atoms with Crippen molar-refractivity contribution in [2.24, 2.45) is 5.73 Å². The summed E-state index contributed by atoms with van der Waals surface area (Å²) in [4.78, 5) is 35.7. The van der Waals surface area contributed by atoms with E-state index >= 15 is 0 Å². The highest BCUT2D eigenvalue weighted by atomic mass is 16.5. The zero-order chi connectivity index (χ0) is 23.8. The number of amides is 2. The Bertz CT molecular complexity index is 979. The molecule has 2 aromatic carbocycles. The minimum absolute atomic E-state index is 0.0835. The summed E-state index contributed by atoms with van der Waals surface area (Å²) >= 11 is 0. The number of primary amides is 1. The first-order valence-electron chi connectivity index (χ1n) is 9.87. The van der Waals surface area contributed by atoms with E-state index in [1.165, 1.54) is 26.4 Å². The van der Waals surface area contributed by atoms with Gasteiger partial charge in [-0.1, -0.05) is 18.2 Å². The van der Waals surface area contributed by atoms with Crippen molar-refractivity contribution in [3.63, 3.8) is 0 Å². The number of benzene rings is 2. The average Bonchev–Trinajstić information content (AvgIpc) is 2.76. The van der Waals surface area contributed by atoms with Gasteiger partial charge in [0.2, 0.25) is 5.75 Å². The molecule has 1 unspecified atom stereocenters. The normalized spacial score (nSPS) is 11.3. The predicted octanol–water partition coefficient (Wildman–Crippen LogP) is 2.22. The highest BCUT2D eigenvalue weighted by Gasteiger charge is 2.20. The lowest BCUT2D eigenvalue weighted by Gasteiger charge is -2.16. The van der Waals surface area contributed by atoms with Crippen LogP contribution in [0.4, 0.5) is 0 Å². The van der Waals surface area contributed by atoms with E-state index in [0.717, 1.165) is 16.7 Å². The fraction of sp³-hybridized carbons (Fsp3) is 0.348. The van der Waals surface area contributed by atoms with Crippen LogP contribution in [0.1, 0.15) is 40.0 Å². The van der Waals surface area contributed by atoms with Gasteiger partial charge < -0.3 is 30.0 Å². The molecule has 9 heteroatoms. The highest BCUT2D eigenvalue weighted by molar-refractivity contribution is 5.93. The molecule has 0 saturated carbocycles. The molecule has 2 amide bonds. The molecule has 0 aliphatic heterocycles. The Morgan fingerprint density at radius 2 is 1.59 bits per heavy atom. The standard InChI is InChI=1S/C23H28N2O7/c1-13-6-7-16(8-14(13)2)15(3)25-21(27)12-32-23(28)17-9-18(29-4)22(19(10-17)30-5)31-11-20(24)26/h6-10,15H,11-12H2,1-5H3,(H2,24,26)(H,25,27). The van der Waals surface area contributed by atoms with E-state index in [2.05, 4.69) is 5.32 Å². The molecule has 2 aromatic rings. The summed E-state index contributed by atoms with van der Waals surface area (Å²) in [7, 11) is 2.73. The maximum atomic E-state index is 12.5. The number of nitrogens with one attached hydrogen (secondary N) is 1. The molecule has 0 heterocycles. The van der Waals surface area contributed by atoms with E-state index in [-0.39, 0.29) is 28.9 Å². The van der Waals surface area contributed by atoms with Gasteiger partial charge in [-0.2, -0.15) is 0 Å². The second kappa shape index (κ2) is 11.0. The Morgan fingerprint density at radius 1 is 0.969 bits per heavy atom. The lowest BCUT2D eigenvalue weighted by atomic mass is 10.0. The third-order valence-corrected chi connectivity index (χ3v) is 4.80. The summed E-state index contributed by atoms with van der Waals surface area (Å²) in [6, 6.07) is 8.41. The van der Waals surface area contributed by atoms with Gasteiger partial charge in [0, 0.05) is 0 Å². The molecule has 1 atom stereocenters. The monoisotopic (exact) mass is 444 g/mol. The fourth-order valence-electron chi connectivity index (χ4n) is 2.90. The van der Waals surface area contributed by atoms with Crippen molar-refractivity contribution in [2.75, 3.05) is 27.4 Å². The summed E-state index contributed by atoms with van der Waals surface area (Å²) in [5, 5.41) is 2.80. The first-order valence-corrected chi connectivity index (χ1v) is 9.87. The zero-order valence-corrected chi connectivity index (χ0v) is 18.8. The largest absolute Gasteiger partial charge is 0.493 e. The van der Waals surface area contributed by atoms with Crippen LogP contribution in [0.25, 0.3) is 0 Å². The first kappa shape index (κ1) is 24.5. The van der Waals surface area contributed by atoms with Crippen molar-refractivity contribution >= 4 is 17.8 Å². The molecule has 3 N–H and O–H groups in total.